The average Bonchev–Trinajstić information content (AvgIpc) is 2.33. The van der Waals surface area contributed by atoms with E-state index in [4.69, 9.17) is 5.11 Å². The maximum absolute atomic E-state index is 8.99. The van der Waals surface area contributed by atoms with Crippen LogP contribution in [0.15, 0.2) is 23.7 Å². The Morgan fingerprint density at radius 3 is 3.30 bits per heavy atom. The summed E-state index contributed by atoms with van der Waals surface area (Å²) in [4.78, 5) is 4.98. The molecule has 0 aliphatic rings. The van der Waals surface area contributed by atoms with Crippen LogP contribution in [0.3, 0.4) is 0 Å². The molecular formula is C7H5NOS. The molecule has 0 bridgehead atoms. The van der Waals surface area contributed by atoms with Crippen LogP contribution in [0.2, 0.25) is 0 Å². The number of aromatic nitrogens is 1. The first-order chi connectivity index (χ1) is 4.86. The van der Waals surface area contributed by atoms with E-state index in [2.05, 4.69) is 4.98 Å². The number of hydrogen-bond acceptors (Lipinski definition) is 3. The molecule has 1 N–H and O–H groups in total. The lowest BCUT2D eigenvalue weighted by Crippen LogP contribution is -1.69. The van der Waals surface area contributed by atoms with Crippen LogP contribution in [0.25, 0.3) is 10.2 Å². The molecule has 0 radical (unpaired) electrons. The molecule has 2 aromatic rings. The number of rotatable bonds is 0. The van der Waals surface area contributed by atoms with E-state index >= 15 is 0 Å². The molecule has 2 rings (SSSR count). The summed E-state index contributed by atoms with van der Waals surface area (Å²) in [6.45, 7) is 0. The minimum absolute atomic E-state index is 0.228. The SMILES string of the molecule is Oc1cnc2sccc2c1. The minimum Gasteiger partial charge on any atom is -0.506 e. The van der Waals surface area contributed by atoms with Crippen molar-refractivity contribution in [3.05, 3.63) is 23.7 Å². The van der Waals surface area contributed by atoms with E-state index in [1.54, 1.807) is 17.4 Å². The fourth-order valence-corrected chi connectivity index (χ4v) is 1.57. The predicted molar refractivity (Wildman–Crippen MR) is 41.3 cm³/mol. The molecule has 0 atom stereocenters. The molecule has 0 aliphatic carbocycles. The van der Waals surface area contributed by atoms with E-state index in [0.717, 1.165) is 10.2 Å². The highest BCUT2D eigenvalue weighted by Gasteiger charge is 1.95. The van der Waals surface area contributed by atoms with Crippen LogP contribution in [0.4, 0.5) is 0 Å². The van der Waals surface area contributed by atoms with Crippen LogP contribution in [0, 0.1) is 0 Å². The zero-order valence-corrected chi connectivity index (χ0v) is 5.93. The number of hydrogen-bond donors (Lipinski definition) is 1. The third kappa shape index (κ3) is 0.752. The van der Waals surface area contributed by atoms with Gasteiger partial charge in [0.2, 0.25) is 0 Å². The fraction of sp³-hybridized carbons (Fsp3) is 0. The van der Waals surface area contributed by atoms with Gasteiger partial charge in [-0.3, -0.25) is 0 Å². The number of nitrogens with zero attached hydrogens (tertiary/aromatic N) is 1. The highest BCUT2D eigenvalue weighted by Crippen LogP contribution is 2.21. The zero-order valence-electron chi connectivity index (χ0n) is 5.11. The molecule has 0 aliphatic heterocycles. The maximum Gasteiger partial charge on any atom is 0.134 e. The van der Waals surface area contributed by atoms with Gasteiger partial charge in [0, 0.05) is 5.39 Å². The molecule has 0 fully saturated rings. The van der Waals surface area contributed by atoms with Crippen LogP contribution >= 0.6 is 11.3 Å². The van der Waals surface area contributed by atoms with E-state index in [1.807, 2.05) is 11.4 Å². The van der Waals surface area contributed by atoms with E-state index in [9.17, 15) is 0 Å². The summed E-state index contributed by atoms with van der Waals surface area (Å²) < 4.78 is 0. The van der Waals surface area contributed by atoms with Crippen LogP contribution in [0.5, 0.6) is 5.75 Å². The first-order valence-corrected chi connectivity index (χ1v) is 3.76. The molecule has 0 saturated carbocycles. The third-order valence-electron chi connectivity index (χ3n) is 1.29. The van der Waals surface area contributed by atoms with Gasteiger partial charge in [-0.15, -0.1) is 11.3 Å². The Morgan fingerprint density at radius 2 is 2.40 bits per heavy atom. The zero-order chi connectivity index (χ0) is 6.97. The van der Waals surface area contributed by atoms with E-state index < -0.39 is 0 Å². The fourth-order valence-electron chi connectivity index (χ4n) is 0.847. The number of thiophene rings is 1. The Kier molecular flexibility index (Phi) is 1.11. The Balaban J connectivity index is 2.86. The quantitative estimate of drug-likeness (QED) is 0.624. The molecule has 2 aromatic heterocycles. The van der Waals surface area contributed by atoms with Crippen molar-refractivity contribution in [3.8, 4) is 5.75 Å². The molecule has 0 spiro atoms. The predicted octanol–water partition coefficient (Wildman–Crippen LogP) is 2.00. The summed E-state index contributed by atoms with van der Waals surface area (Å²) in [5.74, 6) is 0.228. The lowest BCUT2D eigenvalue weighted by atomic mass is 10.3. The van der Waals surface area contributed by atoms with E-state index in [0.29, 0.717) is 0 Å². The molecule has 2 heterocycles. The van der Waals surface area contributed by atoms with Crippen molar-refractivity contribution >= 4 is 21.6 Å². The van der Waals surface area contributed by atoms with Gasteiger partial charge >= 0.3 is 0 Å². The first kappa shape index (κ1) is 5.68. The lowest BCUT2D eigenvalue weighted by Gasteiger charge is -1.88. The molecular weight excluding hydrogens is 146 g/mol. The van der Waals surface area contributed by atoms with Crippen molar-refractivity contribution in [2.75, 3.05) is 0 Å². The van der Waals surface area contributed by atoms with Crippen molar-refractivity contribution in [1.82, 2.24) is 4.98 Å². The van der Waals surface area contributed by atoms with Gasteiger partial charge in [-0.25, -0.2) is 4.98 Å². The molecule has 10 heavy (non-hydrogen) atoms. The maximum atomic E-state index is 8.99. The van der Waals surface area contributed by atoms with Crippen molar-refractivity contribution in [1.29, 1.82) is 0 Å². The van der Waals surface area contributed by atoms with Gasteiger partial charge in [0.1, 0.15) is 10.6 Å². The molecule has 50 valence electrons. The molecule has 0 aromatic carbocycles. The highest BCUT2D eigenvalue weighted by atomic mass is 32.1. The van der Waals surface area contributed by atoms with Gasteiger partial charge < -0.3 is 5.11 Å². The van der Waals surface area contributed by atoms with Crippen LogP contribution in [0.1, 0.15) is 0 Å². The van der Waals surface area contributed by atoms with Crippen molar-refractivity contribution in [2.24, 2.45) is 0 Å². The normalized spacial score (nSPS) is 10.4. The number of aromatic hydroxyl groups is 1. The molecule has 0 unspecified atom stereocenters. The van der Waals surface area contributed by atoms with E-state index in [-0.39, 0.29) is 5.75 Å². The third-order valence-corrected chi connectivity index (χ3v) is 2.13. The van der Waals surface area contributed by atoms with Crippen molar-refractivity contribution in [2.45, 2.75) is 0 Å². The molecule has 0 amide bonds. The Hall–Kier alpha value is -1.09. The average molecular weight is 151 g/mol. The van der Waals surface area contributed by atoms with Gasteiger partial charge in [0.25, 0.3) is 0 Å². The topological polar surface area (TPSA) is 33.1 Å². The summed E-state index contributed by atoms with van der Waals surface area (Å²) in [6, 6.07) is 3.64. The molecule has 2 nitrogen and oxygen atoms in total. The van der Waals surface area contributed by atoms with Crippen LogP contribution in [-0.2, 0) is 0 Å². The van der Waals surface area contributed by atoms with Gasteiger partial charge in [-0.05, 0) is 17.5 Å². The monoisotopic (exact) mass is 151 g/mol. The number of pyridine rings is 1. The van der Waals surface area contributed by atoms with Gasteiger partial charge in [-0.2, -0.15) is 0 Å². The minimum atomic E-state index is 0.228. The highest BCUT2D eigenvalue weighted by molar-refractivity contribution is 7.16. The lowest BCUT2D eigenvalue weighted by molar-refractivity contribution is 0.474. The number of fused-ring (bicyclic) bond motifs is 1. The van der Waals surface area contributed by atoms with Crippen molar-refractivity contribution < 1.29 is 5.11 Å². The Morgan fingerprint density at radius 1 is 1.50 bits per heavy atom. The van der Waals surface area contributed by atoms with Crippen LogP contribution < -0.4 is 0 Å². The first-order valence-electron chi connectivity index (χ1n) is 2.88. The van der Waals surface area contributed by atoms with Crippen LogP contribution in [-0.4, -0.2) is 10.1 Å². The Labute approximate surface area is 61.8 Å². The molecule has 0 saturated heterocycles. The smallest absolute Gasteiger partial charge is 0.134 e. The Bertz CT molecular complexity index is 355. The summed E-state index contributed by atoms with van der Waals surface area (Å²) in [7, 11) is 0. The summed E-state index contributed by atoms with van der Waals surface area (Å²) in [6.07, 6.45) is 1.46. The largest absolute Gasteiger partial charge is 0.506 e. The molecule has 3 heteroatoms. The standard InChI is InChI=1S/C7H5NOS/c9-6-3-5-1-2-10-7(5)8-4-6/h1-4,9H. The van der Waals surface area contributed by atoms with Gasteiger partial charge in [-0.1, -0.05) is 0 Å². The van der Waals surface area contributed by atoms with E-state index in [1.165, 1.54) is 6.20 Å². The van der Waals surface area contributed by atoms with Crippen molar-refractivity contribution in [3.63, 3.8) is 0 Å². The second kappa shape index (κ2) is 1.95. The van der Waals surface area contributed by atoms with Gasteiger partial charge in [0.05, 0.1) is 6.20 Å². The summed E-state index contributed by atoms with van der Waals surface area (Å²) >= 11 is 1.57. The second-order valence-electron chi connectivity index (χ2n) is 2.01. The second-order valence-corrected chi connectivity index (χ2v) is 2.90. The summed E-state index contributed by atoms with van der Waals surface area (Å²) in [5, 5.41) is 12.0. The summed E-state index contributed by atoms with van der Waals surface area (Å²) in [5.41, 5.74) is 0. The van der Waals surface area contributed by atoms with Gasteiger partial charge in [0.15, 0.2) is 0 Å².